The highest BCUT2D eigenvalue weighted by molar-refractivity contribution is 7.86. The van der Waals surface area contributed by atoms with Gasteiger partial charge in [0, 0.05) is 25.2 Å². The summed E-state index contributed by atoms with van der Waals surface area (Å²) in [5.41, 5.74) is 3.02. The molecule has 2 aromatic carbocycles. The number of anilines is 1. The van der Waals surface area contributed by atoms with Crippen LogP contribution in [0.4, 0.5) is 14.9 Å². The van der Waals surface area contributed by atoms with Crippen molar-refractivity contribution in [1.82, 2.24) is 4.90 Å². The summed E-state index contributed by atoms with van der Waals surface area (Å²) in [6, 6.07) is 14.8. The second-order valence-electron chi connectivity index (χ2n) is 7.87. The molecule has 0 saturated carbocycles. The van der Waals surface area contributed by atoms with Crippen molar-refractivity contribution >= 4 is 27.5 Å². The lowest BCUT2D eigenvalue weighted by molar-refractivity contribution is 0.150. The average molecular weight is 461 g/mol. The monoisotopic (exact) mass is 460 g/mol. The number of benzene rings is 2. The smallest absolute Gasteiger partial charge is 0.414 e. The summed E-state index contributed by atoms with van der Waals surface area (Å²) in [7, 11) is -2.72. The van der Waals surface area contributed by atoms with E-state index in [0.717, 1.165) is 38.7 Å². The molecule has 170 valence electrons. The highest BCUT2D eigenvalue weighted by Gasteiger charge is 2.35. The van der Waals surface area contributed by atoms with Crippen molar-refractivity contribution in [3.05, 3.63) is 71.6 Å². The molecule has 0 aromatic heterocycles. The number of cyclic esters (lactones) is 1. The molecule has 7 nitrogen and oxygen atoms in total. The summed E-state index contributed by atoms with van der Waals surface area (Å²) in [5, 5.41) is 0. The van der Waals surface area contributed by atoms with Crippen molar-refractivity contribution in [2.24, 2.45) is 0 Å². The largest absolute Gasteiger partial charge is 0.443 e. The van der Waals surface area contributed by atoms with E-state index in [2.05, 4.69) is 21.2 Å². The molecule has 4 rings (SSSR count). The van der Waals surface area contributed by atoms with Gasteiger partial charge in [0.05, 0.1) is 19.3 Å². The van der Waals surface area contributed by atoms with Crippen LogP contribution >= 0.6 is 0 Å². The molecule has 2 heterocycles. The Bertz CT molecular complexity index is 1120. The van der Waals surface area contributed by atoms with Gasteiger partial charge in [-0.2, -0.15) is 8.42 Å². The number of carbonyl (C=O) groups excluding carboxylic acids is 1. The number of carbonyl (C=O) groups is 1. The molecule has 1 fully saturated rings. The van der Waals surface area contributed by atoms with Crippen LogP contribution in [0.2, 0.25) is 0 Å². The minimum atomic E-state index is -3.78. The first-order valence-electron chi connectivity index (χ1n) is 10.4. The number of hydrogen-bond acceptors (Lipinski definition) is 6. The highest BCUT2D eigenvalue weighted by Crippen LogP contribution is 2.30. The molecule has 2 aromatic rings. The van der Waals surface area contributed by atoms with Crippen LogP contribution < -0.4 is 4.90 Å². The van der Waals surface area contributed by atoms with Crippen molar-refractivity contribution in [2.75, 3.05) is 37.4 Å². The molecule has 2 aliphatic rings. The molecule has 0 spiro atoms. The van der Waals surface area contributed by atoms with E-state index in [1.54, 1.807) is 12.1 Å². The molecular formula is C23H25FN2O5S. The number of ether oxygens (including phenoxy) is 1. The van der Waals surface area contributed by atoms with E-state index in [4.69, 9.17) is 4.74 Å². The number of halogens is 1. The molecule has 0 N–H and O–H groups in total. The Balaban J connectivity index is 1.42. The minimum Gasteiger partial charge on any atom is -0.443 e. The summed E-state index contributed by atoms with van der Waals surface area (Å²) in [5.74, 6) is -0.871. The van der Waals surface area contributed by atoms with E-state index in [-0.39, 0.29) is 6.54 Å². The Morgan fingerprint density at radius 2 is 1.97 bits per heavy atom. The van der Waals surface area contributed by atoms with Gasteiger partial charge in [-0.05, 0) is 35.8 Å². The Morgan fingerprint density at radius 3 is 2.62 bits per heavy atom. The molecule has 1 atom stereocenters. The third-order valence-corrected chi connectivity index (χ3v) is 6.96. The van der Waals surface area contributed by atoms with Crippen LogP contribution in [0.15, 0.2) is 54.6 Å². The zero-order valence-corrected chi connectivity index (χ0v) is 18.6. The van der Waals surface area contributed by atoms with Crippen molar-refractivity contribution in [1.29, 1.82) is 0 Å². The Labute approximate surface area is 187 Å². The van der Waals surface area contributed by atoms with Gasteiger partial charge in [0.25, 0.3) is 10.1 Å². The Morgan fingerprint density at radius 1 is 1.19 bits per heavy atom. The number of amides is 1. The SMILES string of the molecule is COS(=O)(=O)C[C@@H]1CN(c2ccc(C3=CCN(Cc4ccccc4)CC3)c(F)c2)C(=O)O1. The van der Waals surface area contributed by atoms with Gasteiger partial charge in [0.1, 0.15) is 17.7 Å². The quantitative estimate of drug-likeness (QED) is 0.590. The standard InChI is InChI=1S/C23H25FN2O5S/c1-30-32(28,29)16-20-15-26(23(27)31-20)19-7-8-21(22(24)13-19)18-9-11-25(12-10-18)14-17-5-3-2-4-6-17/h2-9,13,20H,10-12,14-16H2,1H3/t20-/m0/s1. The topological polar surface area (TPSA) is 76.2 Å². The van der Waals surface area contributed by atoms with E-state index in [1.807, 2.05) is 24.3 Å². The van der Waals surface area contributed by atoms with Gasteiger partial charge in [-0.25, -0.2) is 9.18 Å². The first-order chi connectivity index (χ1) is 15.3. The Kier molecular flexibility index (Phi) is 6.59. The van der Waals surface area contributed by atoms with Crippen LogP contribution in [0.3, 0.4) is 0 Å². The zero-order chi connectivity index (χ0) is 22.7. The van der Waals surface area contributed by atoms with E-state index < -0.39 is 33.9 Å². The second-order valence-corrected chi connectivity index (χ2v) is 9.65. The molecule has 1 amide bonds. The van der Waals surface area contributed by atoms with E-state index in [1.165, 1.54) is 16.5 Å². The predicted octanol–water partition coefficient (Wildman–Crippen LogP) is 3.42. The molecule has 0 bridgehead atoms. The van der Waals surface area contributed by atoms with Gasteiger partial charge in [-0.15, -0.1) is 0 Å². The van der Waals surface area contributed by atoms with Gasteiger partial charge in [-0.3, -0.25) is 14.0 Å². The van der Waals surface area contributed by atoms with Gasteiger partial charge in [0.2, 0.25) is 0 Å². The van der Waals surface area contributed by atoms with Gasteiger partial charge < -0.3 is 4.74 Å². The van der Waals surface area contributed by atoms with Crippen molar-refractivity contribution in [3.63, 3.8) is 0 Å². The van der Waals surface area contributed by atoms with Crippen molar-refractivity contribution < 1.29 is 26.5 Å². The van der Waals surface area contributed by atoms with E-state index >= 15 is 0 Å². The fourth-order valence-corrected chi connectivity index (χ4v) is 4.75. The van der Waals surface area contributed by atoms with E-state index in [9.17, 15) is 17.6 Å². The summed E-state index contributed by atoms with van der Waals surface area (Å²) >= 11 is 0. The van der Waals surface area contributed by atoms with Crippen molar-refractivity contribution in [2.45, 2.75) is 19.1 Å². The summed E-state index contributed by atoms with van der Waals surface area (Å²) in [4.78, 5) is 15.7. The van der Waals surface area contributed by atoms with Crippen LogP contribution in [-0.2, 0) is 25.6 Å². The van der Waals surface area contributed by atoms with E-state index in [0.29, 0.717) is 11.3 Å². The summed E-state index contributed by atoms with van der Waals surface area (Å²) in [6.07, 6.45) is 1.19. The maximum absolute atomic E-state index is 14.9. The average Bonchev–Trinajstić information content (AvgIpc) is 3.14. The fraction of sp³-hybridized carbons (Fsp3) is 0.348. The number of rotatable bonds is 7. The summed E-state index contributed by atoms with van der Waals surface area (Å²) < 4.78 is 47.7. The normalized spacial score (nSPS) is 19.7. The molecule has 1 saturated heterocycles. The lowest BCUT2D eigenvalue weighted by Crippen LogP contribution is -2.28. The lowest BCUT2D eigenvalue weighted by Gasteiger charge is -2.27. The highest BCUT2D eigenvalue weighted by atomic mass is 32.2. The molecular weight excluding hydrogens is 435 g/mol. The maximum Gasteiger partial charge on any atom is 0.414 e. The van der Waals surface area contributed by atoms with Crippen LogP contribution in [-0.4, -0.2) is 58.0 Å². The molecule has 32 heavy (non-hydrogen) atoms. The molecule has 9 heteroatoms. The second kappa shape index (κ2) is 9.40. The fourth-order valence-electron chi connectivity index (χ4n) is 3.99. The Hall–Kier alpha value is -2.75. The molecule has 2 aliphatic heterocycles. The molecule has 0 aliphatic carbocycles. The van der Waals surface area contributed by atoms with Gasteiger partial charge in [0.15, 0.2) is 0 Å². The zero-order valence-electron chi connectivity index (χ0n) is 17.7. The molecule has 0 radical (unpaired) electrons. The van der Waals surface area contributed by atoms with Crippen molar-refractivity contribution in [3.8, 4) is 0 Å². The predicted molar refractivity (Wildman–Crippen MR) is 119 cm³/mol. The number of hydrogen-bond donors (Lipinski definition) is 0. The van der Waals surface area contributed by atoms with Crippen LogP contribution in [0.1, 0.15) is 17.5 Å². The number of nitrogens with zero attached hydrogens (tertiary/aromatic N) is 2. The van der Waals surface area contributed by atoms with Crippen LogP contribution in [0, 0.1) is 5.82 Å². The first kappa shape index (κ1) is 22.4. The molecule has 0 unspecified atom stereocenters. The summed E-state index contributed by atoms with van der Waals surface area (Å²) in [6.45, 7) is 2.43. The van der Waals surface area contributed by atoms with Crippen LogP contribution in [0.25, 0.3) is 5.57 Å². The third-order valence-electron chi connectivity index (χ3n) is 5.67. The minimum absolute atomic E-state index is 0.0113. The lowest BCUT2D eigenvalue weighted by atomic mass is 9.98. The van der Waals surface area contributed by atoms with Gasteiger partial charge >= 0.3 is 6.09 Å². The van der Waals surface area contributed by atoms with Crippen LogP contribution in [0.5, 0.6) is 0 Å². The maximum atomic E-state index is 14.9. The third kappa shape index (κ3) is 5.17. The first-order valence-corrected chi connectivity index (χ1v) is 11.9. The van der Waals surface area contributed by atoms with Gasteiger partial charge in [-0.1, -0.05) is 36.4 Å².